The van der Waals surface area contributed by atoms with Crippen molar-refractivity contribution < 1.29 is 9.13 Å². The SMILES string of the molecule is COCCN1CC[C@H]2c3ccc(F)cc3CC[C@H]21. The topological polar surface area (TPSA) is 12.5 Å². The zero-order valence-corrected chi connectivity index (χ0v) is 10.9. The zero-order chi connectivity index (χ0) is 12.5. The molecule has 1 aliphatic carbocycles. The summed E-state index contributed by atoms with van der Waals surface area (Å²) in [5.74, 6) is 0.507. The second kappa shape index (κ2) is 4.98. The third-order valence-corrected chi connectivity index (χ3v) is 4.46. The molecular weight excluding hydrogens is 229 g/mol. The van der Waals surface area contributed by atoms with E-state index in [2.05, 4.69) is 4.90 Å². The van der Waals surface area contributed by atoms with Crippen LogP contribution in [-0.4, -0.2) is 37.7 Å². The van der Waals surface area contributed by atoms with Crippen LogP contribution in [0.25, 0.3) is 0 Å². The van der Waals surface area contributed by atoms with Gasteiger partial charge in [-0.25, -0.2) is 4.39 Å². The van der Waals surface area contributed by atoms with Gasteiger partial charge in [0, 0.05) is 25.6 Å². The molecule has 2 nitrogen and oxygen atoms in total. The molecule has 18 heavy (non-hydrogen) atoms. The number of halogens is 1. The number of hydrogen-bond donors (Lipinski definition) is 0. The summed E-state index contributed by atoms with van der Waals surface area (Å²) in [6, 6.07) is 5.97. The van der Waals surface area contributed by atoms with Gasteiger partial charge in [0.05, 0.1) is 6.61 Å². The highest BCUT2D eigenvalue weighted by Gasteiger charge is 2.38. The molecule has 1 heterocycles. The lowest BCUT2D eigenvalue weighted by Gasteiger charge is -2.33. The molecule has 1 fully saturated rings. The molecule has 0 spiro atoms. The molecule has 0 radical (unpaired) electrons. The quantitative estimate of drug-likeness (QED) is 0.816. The highest BCUT2D eigenvalue weighted by molar-refractivity contribution is 5.36. The van der Waals surface area contributed by atoms with Gasteiger partial charge in [0.2, 0.25) is 0 Å². The van der Waals surface area contributed by atoms with E-state index in [1.54, 1.807) is 19.2 Å². The Balaban J connectivity index is 1.80. The van der Waals surface area contributed by atoms with Gasteiger partial charge >= 0.3 is 0 Å². The Morgan fingerprint density at radius 3 is 3.11 bits per heavy atom. The standard InChI is InChI=1S/C15H20FNO/c1-18-9-8-17-7-6-14-13-4-3-12(16)10-11(13)2-5-15(14)17/h3-4,10,14-15H,2,5-9H2,1H3/t14-,15+/m0/s1. The van der Waals surface area contributed by atoms with E-state index >= 15 is 0 Å². The summed E-state index contributed by atoms with van der Waals surface area (Å²) in [5, 5.41) is 0. The molecule has 0 bridgehead atoms. The van der Waals surface area contributed by atoms with Crippen molar-refractivity contribution in [3.63, 3.8) is 0 Å². The van der Waals surface area contributed by atoms with E-state index < -0.39 is 0 Å². The summed E-state index contributed by atoms with van der Waals surface area (Å²) in [7, 11) is 1.76. The average Bonchev–Trinajstić information content (AvgIpc) is 2.79. The van der Waals surface area contributed by atoms with Gasteiger partial charge in [-0.15, -0.1) is 0 Å². The summed E-state index contributed by atoms with van der Waals surface area (Å²) in [5.41, 5.74) is 2.61. The van der Waals surface area contributed by atoms with E-state index in [0.29, 0.717) is 12.0 Å². The van der Waals surface area contributed by atoms with Gasteiger partial charge in [0.15, 0.2) is 0 Å². The van der Waals surface area contributed by atoms with Crippen molar-refractivity contribution in [3.05, 3.63) is 35.1 Å². The van der Waals surface area contributed by atoms with Gasteiger partial charge in [-0.05, 0) is 49.1 Å². The molecule has 0 N–H and O–H groups in total. The predicted molar refractivity (Wildman–Crippen MR) is 69.3 cm³/mol. The molecule has 1 saturated heterocycles. The molecule has 3 heteroatoms. The number of hydrogen-bond acceptors (Lipinski definition) is 2. The molecule has 1 aromatic carbocycles. The highest BCUT2D eigenvalue weighted by Crippen LogP contribution is 2.41. The first kappa shape index (κ1) is 12.1. The second-order valence-corrected chi connectivity index (χ2v) is 5.37. The first-order valence-electron chi connectivity index (χ1n) is 6.81. The Bertz CT molecular complexity index is 435. The van der Waals surface area contributed by atoms with Crippen LogP contribution in [0.4, 0.5) is 4.39 Å². The molecule has 98 valence electrons. The highest BCUT2D eigenvalue weighted by atomic mass is 19.1. The fraction of sp³-hybridized carbons (Fsp3) is 0.600. The molecule has 0 unspecified atom stereocenters. The van der Waals surface area contributed by atoms with Crippen LogP contribution in [0, 0.1) is 5.82 Å². The molecule has 0 amide bonds. The minimum Gasteiger partial charge on any atom is -0.383 e. The van der Waals surface area contributed by atoms with Crippen molar-refractivity contribution in [2.24, 2.45) is 0 Å². The Hall–Kier alpha value is -0.930. The Labute approximate surface area is 108 Å². The number of aryl methyl sites for hydroxylation is 1. The van der Waals surface area contributed by atoms with Crippen LogP contribution in [0.1, 0.15) is 29.9 Å². The number of nitrogens with zero attached hydrogens (tertiary/aromatic N) is 1. The fourth-order valence-electron chi connectivity index (χ4n) is 3.61. The lowest BCUT2D eigenvalue weighted by atomic mass is 9.79. The van der Waals surface area contributed by atoms with Crippen LogP contribution < -0.4 is 0 Å². The van der Waals surface area contributed by atoms with Gasteiger partial charge in [0.25, 0.3) is 0 Å². The fourth-order valence-corrected chi connectivity index (χ4v) is 3.61. The largest absolute Gasteiger partial charge is 0.383 e. The Morgan fingerprint density at radius 1 is 1.39 bits per heavy atom. The van der Waals surface area contributed by atoms with E-state index in [1.165, 1.54) is 17.5 Å². The number of ether oxygens (including phenoxy) is 1. The summed E-state index contributed by atoms with van der Waals surface area (Å²) in [4.78, 5) is 2.54. The average molecular weight is 249 g/mol. The monoisotopic (exact) mass is 249 g/mol. The molecule has 2 aliphatic rings. The minimum atomic E-state index is -0.0959. The molecular formula is C15H20FNO. The van der Waals surface area contributed by atoms with Crippen molar-refractivity contribution in [2.75, 3.05) is 26.8 Å². The van der Waals surface area contributed by atoms with Crippen LogP contribution >= 0.6 is 0 Å². The second-order valence-electron chi connectivity index (χ2n) is 5.37. The van der Waals surface area contributed by atoms with E-state index in [9.17, 15) is 4.39 Å². The van der Waals surface area contributed by atoms with Gasteiger partial charge in [-0.3, -0.25) is 4.90 Å². The van der Waals surface area contributed by atoms with Crippen molar-refractivity contribution in [3.8, 4) is 0 Å². The molecule has 0 aromatic heterocycles. The van der Waals surface area contributed by atoms with Crippen molar-refractivity contribution in [1.29, 1.82) is 0 Å². The van der Waals surface area contributed by atoms with E-state index in [0.717, 1.165) is 32.5 Å². The smallest absolute Gasteiger partial charge is 0.123 e. The normalized spacial score (nSPS) is 27.0. The molecule has 0 saturated carbocycles. The first-order valence-corrected chi connectivity index (χ1v) is 6.81. The Kier molecular flexibility index (Phi) is 3.35. The number of methoxy groups -OCH3 is 1. The maximum atomic E-state index is 13.3. The summed E-state index contributed by atoms with van der Waals surface area (Å²) < 4.78 is 18.4. The number of likely N-dealkylation sites (tertiary alicyclic amines) is 1. The summed E-state index contributed by atoms with van der Waals surface area (Å²) in [6.07, 6.45) is 3.37. The van der Waals surface area contributed by atoms with Crippen LogP contribution in [0.3, 0.4) is 0 Å². The summed E-state index contributed by atoms with van der Waals surface area (Å²) in [6.45, 7) is 2.98. The number of rotatable bonds is 3. The Morgan fingerprint density at radius 2 is 2.28 bits per heavy atom. The van der Waals surface area contributed by atoms with E-state index in [-0.39, 0.29) is 5.82 Å². The molecule has 2 atom stereocenters. The van der Waals surface area contributed by atoms with E-state index in [4.69, 9.17) is 4.74 Å². The molecule has 1 aliphatic heterocycles. The maximum absolute atomic E-state index is 13.3. The number of benzene rings is 1. The van der Waals surface area contributed by atoms with Gasteiger partial charge in [-0.1, -0.05) is 6.07 Å². The van der Waals surface area contributed by atoms with Gasteiger partial charge < -0.3 is 4.74 Å². The van der Waals surface area contributed by atoms with Crippen molar-refractivity contribution >= 4 is 0 Å². The first-order chi connectivity index (χ1) is 8.79. The third-order valence-electron chi connectivity index (χ3n) is 4.46. The zero-order valence-electron chi connectivity index (χ0n) is 10.9. The maximum Gasteiger partial charge on any atom is 0.123 e. The van der Waals surface area contributed by atoms with E-state index in [1.807, 2.05) is 6.07 Å². The lowest BCUT2D eigenvalue weighted by Crippen LogP contribution is -2.37. The summed E-state index contributed by atoms with van der Waals surface area (Å²) >= 11 is 0. The van der Waals surface area contributed by atoms with Crippen molar-refractivity contribution in [2.45, 2.75) is 31.2 Å². The van der Waals surface area contributed by atoms with Gasteiger partial charge in [-0.2, -0.15) is 0 Å². The van der Waals surface area contributed by atoms with Gasteiger partial charge in [0.1, 0.15) is 5.82 Å². The minimum absolute atomic E-state index is 0.0959. The molecule has 1 aromatic rings. The van der Waals surface area contributed by atoms with Crippen LogP contribution in [0.2, 0.25) is 0 Å². The molecule has 3 rings (SSSR count). The van der Waals surface area contributed by atoms with Crippen LogP contribution in [0.5, 0.6) is 0 Å². The van der Waals surface area contributed by atoms with Crippen molar-refractivity contribution in [1.82, 2.24) is 4.90 Å². The lowest BCUT2D eigenvalue weighted by molar-refractivity contribution is 0.134. The third kappa shape index (κ3) is 2.06. The van der Waals surface area contributed by atoms with Crippen LogP contribution in [-0.2, 0) is 11.2 Å². The number of fused-ring (bicyclic) bond motifs is 3. The predicted octanol–water partition coefficient (Wildman–Crippen LogP) is 2.58. The van der Waals surface area contributed by atoms with Crippen LogP contribution in [0.15, 0.2) is 18.2 Å².